The Morgan fingerprint density at radius 2 is 2.12 bits per heavy atom. The van der Waals surface area contributed by atoms with Gasteiger partial charge in [0.25, 0.3) is 0 Å². The van der Waals surface area contributed by atoms with Gasteiger partial charge in [-0.2, -0.15) is 5.26 Å². The molecule has 1 heterocycles. The smallest absolute Gasteiger partial charge is 0.156 e. The predicted octanol–water partition coefficient (Wildman–Crippen LogP) is 3.01. The number of benzene rings is 1. The van der Waals surface area contributed by atoms with E-state index in [2.05, 4.69) is 4.98 Å². The summed E-state index contributed by atoms with van der Waals surface area (Å²) in [5, 5.41) is 11.4. The van der Waals surface area contributed by atoms with Crippen molar-refractivity contribution in [3.63, 3.8) is 0 Å². The summed E-state index contributed by atoms with van der Waals surface area (Å²) < 4.78 is 0. The Labute approximate surface area is 103 Å². The van der Waals surface area contributed by atoms with Crippen molar-refractivity contribution in [3.8, 4) is 17.3 Å². The highest BCUT2D eigenvalue weighted by Crippen LogP contribution is 2.26. The van der Waals surface area contributed by atoms with E-state index in [1.807, 2.05) is 41.8 Å². The molecule has 0 spiro atoms. The largest absolute Gasteiger partial charge is 0.298 e. The fourth-order valence-corrected chi connectivity index (χ4v) is 2.41. The van der Waals surface area contributed by atoms with Crippen LogP contribution in [-0.4, -0.2) is 10.8 Å². The van der Waals surface area contributed by atoms with E-state index in [4.69, 9.17) is 5.26 Å². The third-order valence-electron chi connectivity index (χ3n) is 2.37. The van der Waals surface area contributed by atoms with Crippen LogP contribution in [0.1, 0.15) is 17.8 Å². The summed E-state index contributed by atoms with van der Waals surface area (Å²) in [5.74, 6) is -0.904. The number of thiazole rings is 1. The molecule has 1 unspecified atom stereocenters. The minimum Gasteiger partial charge on any atom is -0.298 e. The van der Waals surface area contributed by atoms with Crippen LogP contribution in [0.4, 0.5) is 0 Å². The van der Waals surface area contributed by atoms with Gasteiger partial charge in [0, 0.05) is 10.9 Å². The highest BCUT2D eigenvalue weighted by molar-refractivity contribution is 7.10. The molecule has 0 amide bonds. The number of hydrogen-bond donors (Lipinski definition) is 0. The van der Waals surface area contributed by atoms with Crippen molar-refractivity contribution < 1.29 is 4.79 Å². The van der Waals surface area contributed by atoms with E-state index in [1.165, 1.54) is 18.3 Å². The van der Waals surface area contributed by atoms with Crippen LogP contribution < -0.4 is 0 Å². The zero-order valence-electron chi connectivity index (χ0n) is 9.25. The van der Waals surface area contributed by atoms with Gasteiger partial charge >= 0.3 is 0 Å². The van der Waals surface area contributed by atoms with Gasteiger partial charge in [-0.25, -0.2) is 4.98 Å². The molecule has 0 saturated heterocycles. The molecule has 4 heteroatoms. The molecule has 1 aromatic heterocycles. The minimum absolute atomic E-state index is 0.165. The standard InChI is InChI=1S/C13H10N2OS/c1-9(16)11(7-14)13-15-12(8-17-13)10-5-3-2-4-6-10/h2-6,8,11H,1H3. The minimum atomic E-state index is -0.738. The van der Waals surface area contributed by atoms with Gasteiger partial charge in [-0.1, -0.05) is 30.3 Å². The molecule has 2 rings (SSSR count). The molecule has 0 fully saturated rings. The molecule has 1 atom stereocenters. The van der Waals surface area contributed by atoms with Crippen LogP contribution in [0.3, 0.4) is 0 Å². The Kier molecular flexibility index (Phi) is 3.31. The molecule has 0 bridgehead atoms. The molecule has 17 heavy (non-hydrogen) atoms. The first-order chi connectivity index (χ1) is 8.22. The number of carbonyl (C=O) groups is 1. The first kappa shape index (κ1) is 11.5. The summed E-state index contributed by atoms with van der Waals surface area (Å²) in [6, 6.07) is 11.7. The van der Waals surface area contributed by atoms with Crippen LogP contribution in [0.2, 0.25) is 0 Å². The van der Waals surface area contributed by atoms with Gasteiger partial charge in [0.1, 0.15) is 5.01 Å². The maximum Gasteiger partial charge on any atom is 0.156 e. The highest BCUT2D eigenvalue weighted by Gasteiger charge is 2.19. The van der Waals surface area contributed by atoms with Crippen LogP contribution >= 0.6 is 11.3 Å². The predicted molar refractivity (Wildman–Crippen MR) is 66.6 cm³/mol. The molecule has 3 nitrogen and oxygen atoms in total. The summed E-state index contributed by atoms with van der Waals surface area (Å²) >= 11 is 1.35. The van der Waals surface area contributed by atoms with Crippen LogP contribution in [0.15, 0.2) is 35.7 Å². The van der Waals surface area contributed by atoms with Gasteiger partial charge in [0.05, 0.1) is 11.8 Å². The SMILES string of the molecule is CC(=O)C(C#N)c1nc(-c2ccccc2)cs1. The van der Waals surface area contributed by atoms with Crippen LogP contribution in [-0.2, 0) is 4.79 Å². The lowest BCUT2D eigenvalue weighted by atomic mass is 10.1. The van der Waals surface area contributed by atoms with Crippen molar-refractivity contribution in [2.24, 2.45) is 0 Å². The van der Waals surface area contributed by atoms with Crippen LogP contribution in [0.5, 0.6) is 0 Å². The summed E-state index contributed by atoms with van der Waals surface area (Å²) in [7, 11) is 0. The molecule has 0 N–H and O–H groups in total. The van der Waals surface area contributed by atoms with Crippen LogP contribution in [0, 0.1) is 11.3 Å². The lowest BCUT2D eigenvalue weighted by Crippen LogP contribution is -2.05. The number of rotatable bonds is 3. The number of nitriles is 1. The quantitative estimate of drug-likeness (QED) is 0.831. The van der Waals surface area contributed by atoms with Crippen LogP contribution in [0.25, 0.3) is 11.3 Å². The average Bonchev–Trinajstić information content (AvgIpc) is 2.80. The molecule has 0 saturated carbocycles. The van der Waals surface area contributed by atoms with Gasteiger partial charge < -0.3 is 0 Å². The topological polar surface area (TPSA) is 53.8 Å². The Morgan fingerprint density at radius 3 is 2.71 bits per heavy atom. The van der Waals surface area contributed by atoms with Crippen molar-refractivity contribution in [1.82, 2.24) is 4.98 Å². The van der Waals surface area contributed by atoms with Gasteiger partial charge in [0.2, 0.25) is 0 Å². The Balaban J connectivity index is 2.34. The number of aromatic nitrogens is 1. The zero-order chi connectivity index (χ0) is 12.3. The molecular formula is C13H10N2OS. The summed E-state index contributed by atoms with van der Waals surface area (Å²) in [6.07, 6.45) is 0. The van der Waals surface area contributed by atoms with Gasteiger partial charge in [0.15, 0.2) is 11.7 Å². The second-order valence-electron chi connectivity index (χ2n) is 3.61. The van der Waals surface area contributed by atoms with E-state index in [0.29, 0.717) is 5.01 Å². The lowest BCUT2D eigenvalue weighted by molar-refractivity contribution is -0.117. The van der Waals surface area contributed by atoms with Crippen molar-refractivity contribution >= 4 is 17.1 Å². The average molecular weight is 242 g/mol. The maximum absolute atomic E-state index is 11.3. The van der Waals surface area contributed by atoms with Crippen molar-refractivity contribution in [3.05, 3.63) is 40.7 Å². The molecule has 0 aliphatic carbocycles. The fourth-order valence-electron chi connectivity index (χ4n) is 1.48. The van der Waals surface area contributed by atoms with Crippen molar-refractivity contribution in [1.29, 1.82) is 5.26 Å². The normalized spacial score (nSPS) is 11.8. The van der Waals surface area contributed by atoms with E-state index in [0.717, 1.165) is 11.3 Å². The lowest BCUT2D eigenvalue weighted by Gasteiger charge is -1.99. The van der Waals surface area contributed by atoms with Gasteiger partial charge in [-0.3, -0.25) is 4.79 Å². The van der Waals surface area contributed by atoms with E-state index in [-0.39, 0.29) is 5.78 Å². The molecule has 2 aromatic rings. The van der Waals surface area contributed by atoms with Gasteiger partial charge in [-0.05, 0) is 6.92 Å². The number of Topliss-reactive ketones (excluding diaryl/α,β-unsaturated/α-hetero) is 1. The number of carbonyl (C=O) groups excluding carboxylic acids is 1. The second-order valence-corrected chi connectivity index (χ2v) is 4.50. The molecule has 1 aromatic carbocycles. The molecular weight excluding hydrogens is 232 g/mol. The Bertz CT molecular complexity index is 569. The van der Waals surface area contributed by atoms with E-state index in [9.17, 15) is 4.79 Å². The van der Waals surface area contributed by atoms with Crippen molar-refractivity contribution in [2.75, 3.05) is 0 Å². The zero-order valence-corrected chi connectivity index (χ0v) is 10.1. The summed E-state index contributed by atoms with van der Waals surface area (Å²) in [4.78, 5) is 15.6. The monoisotopic (exact) mass is 242 g/mol. The van der Waals surface area contributed by atoms with E-state index < -0.39 is 5.92 Å². The summed E-state index contributed by atoms with van der Waals surface area (Å²) in [5.41, 5.74) is 1.81. The van der Waals surface area contributed by atoms with Crippen molar-refractivity contribution in [2.45, 2.75) is 12.8 Å². The third kappa shape index (κ3) is 2.40. The van der Waals surface area contributed by atoms with E-state index in [1.54, 1.807) is 0 Å². The number of ketones is 1. The second kappa shape index (κ2) is 4.89. The highest BCUT2D eigenvalue weighted by atomic mass is 32.1. The number of hydrogen-bond acceptors (Lipinski definition) is 4. The summed E-state index contributed by atoms with van der Waals surface area (Å²) in [6.45, 7) is 1.41. The van der Waals surface area contributed by atoms with E-state index >= 15 is 0 Å². The molecule has 0 aliphatic heterocycles. The number of nitrogens with zero attached hydrogens (tertiary/aromatic N) is 2. The Hall–Kier alpha value is -1.99. The fraction of sp³-hybridized carbons (Fsp3) is 0.154. The Morgan fingerprint density at radius 1 is 1.41 bits per heavy atom. The molecule has 84 valence electrons. The molecule has 0 aliphatic rings. The first-order valence-electron chi connectivity index (χ1n) is 5.13. The molecule has 0 radical (unpaired) electrons. The maximum atomic E-state index is 11.3. The first-order valence-corrected chi connectivity index (χ1v) is 6.01. The third-order valence-corrected chi connectivity index (χ3v) is 3.28. The van der Waals surface area contributed by atoms with Gasteiger partial charge in [-0.15, -0.1) is 11.3 Å².